The van der Waals surface area contributed by atoms with Crippen LogP contribution in [0.1, 0.15) is 25.6 Å². The summed E-state index contributed by atoms with van der Waals surface area (Å²) in [4.78, 5) is 27.8. The Morgan fingerprint density at radius 1 is 1.24 bits per heavy atom. The first-order valence-electron chi connectivity index (χ1n) is 9.48. The van der Waals surface area contributed by atoms with Gasteiger partial charge in [-0.1, -0.05) is 30.0 Å². The van der Waals surface area contributed by atoms with Gasteiger partial charge in [-0.2, -0.15) is 0 Å². The minimum absolute atomic E-state index is 0.0197. The summed E-state index contributed by atoms with van der Waals surface area (Å²) in [7, 11) is 0. The van der Waals surface area contributed by atoms with Gasteiger partial charge in [-0.3, -0.25) is 9.36 Å². The Bertz CT molecular complexity index is 980. The third kappa shape index (κ3) is 4.56. The number of amides is 1. The molecule has 9 nitrogen and oxygen atoms in total. The molecule has 1 saturated heterocycles. The maximum Gasteiger partial charge on any atom is 0.229 e. The first-order chi connectivity index (χ1) is 14.1. The molecule has 11 heteroatoms. The molecule has 1 aliphatic rings. The van der Waals surface area contributed by atoms with E-state index in [1.165, 1.54) is 11.3 Å². The summed E-state index contributed by atoms with van der Waals surface area (Å²) in [5.74, 6) is 3.46. The number of aryl methyl sites for hydroxylation is 1. The first kappa shape index (κ1) is 19.8. The summed E-state index contributed by atoms with van der Waals surface area (Å²) in [6.07, 6.45) is 6.75. The lowest BCUT2D eigenvalue weighted by atomic mass is 9.96. The van der Waals surface area contributed by atoms with Crippen LogP contribution in [0.4, 0.5) is 10.9 Å². The van der Waals surface area contributed by atoms with Gasteiger partial charge < -0.3 is 10.2 Å². The summed E-state index contributed by atoms with van der Waals surface area (Å²) in [5.41, 5.74) is 0. The van der Waals surface area contributed by atoms with Crippen molar-refractivity contribution in [3.8, 4) is 5.82 Å². The predicted molar refractivity (Wildman–Crippen MR) is 114 cm³/mol. The monoisotopic (exact) mass is 430 g/mol. The third-order valence-corrected chi connectivity index (χ3v) is 6.66. The molecule has 29 heavy (non-hydrogen) atoms. The zero-order chi connectivity index (χ0) is 20.2. The van der Waals surface area contributed by atoms with Crippen LogP contribution in [0.5, 0.6) is 0 Å². The number of piperidine rings is 1. The highest BCUT2D eigenvalue weighted by Gasteiger charge is 2.26. The lowest BCUT2D eigenvalue weighted by Gasteiger charge is -2.32. The Hall–Kier alpha value is -2.53. The predicted octanol–water partition coefficient (Wildman–Crippen LogP) is 2.79. The lowest BCUT2D eigenvalue weighted by Crippen LogP contribution is -2.38. The number of nitrogens with one attached hydrogen (secondary N) is 1. The molecular formula is C18H22N8OS2. The Morgan fingerprint density at radius 2 is 2.03 bits per heavy atom. The van der Waals surface area contributed by atoms with Gasteiger partial charge in [0, 0.05) is 37.5 Å². The maximum atomic E-state index is 12.6. The van der Waals surface area contributed by atoms with Crippen LogP contribution in [0.3, 0.4) is 0 Å². The molecule has 0 bridgehead atoms. The molecule has 1 N–H and O–H groups in total. The highest BCUT2D eigenvalue weighted by atomic mass is 32.2. The molecule has 152 valence electrons. The molecule has 0 atom stereocenters. The fraction of sp³-hybridized carbons (Fsp3) is 0.444. The Balaban J connectivity index is 1.35. The summed E-state index contributed by atoms with van der Waals surface area (Å²) < 4.78 is 2.81. The quantitative estimate of drug-likeness (QED) is 0.470. The number of carbonyl (C=O) groups excluding carboxylic acids is 1. The topological polar surface area (TPSA) is 102 Å². The molecule has 0 saturated carbocycles. The molecule has 0 radical (unpaired) electrons. The number of hydrogen-bond acceptors (Lipinski definition) is 9. The third-order valence-electron chi connectivity index (χ3n) is 4.80. The fourth-order valence-electron chi connectivity index (χ4n) is 3.28. The van der Waals surface area contributed by atoms with Crippen LogP contribution >= 0.6 is 23.1 Å². The van der Waals surface area contributed by atoms with Gasteiger partial charge in [-0.05, 0) is 25.5 Å². The van der Waals surface area contributed by atoms with E-state index in [1.807, 2.05) is 23.8 Å². The second-order valence-corrected chi connectivity index (χ2v) is 9.12. The molecule has 3 aromatic rings. The fourth-order valence-corrected chi connectivity index (χ4v) is 4.93. The van der Waals surface area contributed by atoms with E-state index in [9.17, 15) is 4.79 Å². The van der Waals surface area contributed by atoms with Crippen molar-refractivity contribution < 1.29 is 4.79 Å². The van der Waals surface area contributed by atoms with Crippen molar-refractivity contribution in [3.63, 3.8) is 0 Å². The van der Waals surface area contributed by atoms with Gasteiger partial charge in [0.2, 0.25) is 11.0 Å². The van der Waals surface area contributed by atoms with E-state index in [2.05, 4.69) is 42.3 Å². The smallest absolute Gasteiger partial charge is 0.229 e. The average molecular weight is 431 g/mol. The van der Waals surface area contributed by atoms with Crippen molar-refractivity contribution >= 4 is 40.0 Å². The number of thioether (sulfide) groups is 1. The van der Waals surface area contributed by atoms with Crippen LogP contribution in [0, 0.1) is 12.8 Å². The lowest BCUT2D eigenvalue weighted by molar-refractivity contribution is -0.120. The Kier molecular flexibility index (Phi) is 6.05. The molecule has 1 aliphatic heterocycles. The van der Waals surface area contributed by atoms with Gasteiger partial charge in [-0.25, -0.2) is 15.0 Å². The minimum Gasteiger partial charge on any atom is -0.356 e. The molecule has 1 fully saturated rings. The molecule has 0 spiro atoms. The molecule has 4 heterocycles. The summed E-state index contributed by atoms with van der Waals surface area (Å²) in [5, 5.41) is 11.6. The van der Waals surface area contributed by atoms with Crippen LogP contribution in [-0.4, -0.2) is 54.5 Å². The molecule has 0 aromatic carbocycles. The van der Waals surface area contributed by atoms with Crippen LogP contribution < -0.4 is 10.2 Å². The van der Waals surface area contributed by atoms with Crippen molar-refractivity contribution in [1.29, 1.82) is 0 Å². The van der Waals surface area contributed by atoms with E-state index >= 15 is 0 Å². The highest BCUT2D eigenvalue weighted by molar-refractivity contribution is 8.01. The number of aromatic nitrogens is 6. The van der Waals surface area contributed by atoms with Crippen LogP contribution in [0.2, 0.25) is 0 Å². The summed E-state index contributed by atoms with van der Waals surface area (Å²) in [6, 6.07) is 1.96. The standard InChI is InChI=1S/C18H22N8OS2/c1-3-28-18-24-23-17(29-18)22-16(27)13-4-7-25(8-5-13)14-10-15(21-11-20-14)26-9-6-19-12(26)2/h6,9-11,13H,3-5,7-8H2,1-2H3,(H,22,23,27). The average Bonchev–Trinajstić information content (AvgIpc) is 3.37. The van der Waals surface area contributed by atoms with E-state index in [4.69, 9.17) is 0 Å². The van der Waals surface area contributed by atoms with Crippen LogP contribution in [0.15, 0.2) is 29.1 Å². The van der Waals surface area contributed by atoms with E-state index in [0.29, 0.717) is 5.13 Å². The molecule has 0 aliphatic carbocycles. The number of imidazole rings is 1. The molecule has 1 amide bonds. The van der Waals surface area contributed by atoms with E-state index in [-0.39, 0.29) is 11.8 Å². The molecular weight excluding hydrogens is 408 g/mol. The van der Waals surface area contributed by atoms with Crippen molar-refractivity contribution in [1.82, 2.24) is 29.7 Å². The first-order valence-corrected chi connectivity index (χ1v) is 11.3. The van der Waals surface area contributed by atoms with Gasteiger partial charge >= 0.3 is 0 Å². The number of rotatable bonds is 6. The maximum absolute atomic E-state index is 12.6. The van der Waals surface area contributed by atoms with E-state index in [1.54, 1.807) is 24.3 Å². The van der Waals surface area contributed by atoms with E-state index in [0.717, 1.165) is 53.5 Å². The van der Waals surface area contributed by atoms with Gasteiger partial charge in [0.15, 0.2) is 4.34 Å². The Morgan fingerprint density at radius 3 is 2.76 bits per heavy atom. The number of nitrogens with zero attached hydrogens (tertiary/aromatic N) is 7. The summed E-state index contributed by atoms with van der Waals surface area (Å²) in [6.45, 7) is 5.54. The van der Waals surface area contributed by atoms with E-state index < -0.39 is 0 Å². The van der Waals surface area contributed by atoms with Gasteiger partial charge in [0.05, 0.1) is 0 Å². The van der Waals surface area contributed by atoms with Gasteiger partial charge in [0.1, 0.15) is 23.8 Å². The molecule has 4 rings (SSSR count). The van der Waals surface area contributed by atoms with Crippen molar-refractivity contribution in [2.45, 2.75) is 31.0 Å². The molecule has 3 aromatic heterocycles. The highest BCUT2D eigenvalue weighted by Crippen LogP contribution is 2.27. The number of anilines is 2. The largest absolute Gasteiger partial charge is 0.356 e. The Labute approximate surface area is 177 Å². The number of hydrogen-bond donors (Lipinski definition) is 1. The van der Waals surface area contributed by atoms with Gasteiger partial charge in [0.25, 0.3) is 0 Å². The summed E-state index contributed by atoms with van der Waals surface area (Å²) >= 11 is 3.05. The normalized spacial score (nSPS) is 14.9. The minimum atomic E-state index is -0.0328. The second-order valence-electron chi connectivity index (χ2n) is 6.64. The SMILES string of the molecule is CCSc1nnc(NC(=O)C2CCN(c3cc(-n4ccnc4C)ncn3)CC2)s1. The van der Waals surface area contributed by atoms with Crippen molar-refractivity contribution in [3.05, 3.63) is 30.6 Å². The molecule has 0 unspecified atom stereocenters. The van der Waals surface area contributed by atoms with Crippen LogP contribution in [-0.2, 0) is 4.79 Å². The van der Waals surface area contributed by atoms with Gasteiger partial charge in [-0.15, -0.1) is 10.2 Å². The number of carbonyl (C=O) groups is 1. The van der Waals surface area contributed by atoms with Crippen molar-refractivity contribution in [2.24, 2.45) is 5.92 Å². The second kappa shape index (κ2) is 8.87. The zero-order valence-electron chi connectivity index (χ0n) is 16.3. The zero-order valence-corrected chi connectivity index (χ0v) is 17.9. The van der Waals surface area contributed by atoms with Crippen molar-refractivity contribution in [2.75, 3.05) is 29.1 Å². The van der Waals surface area contributed by atoms with Crippen LogP contribution in [0.25, 0.3) is 5.82 Å².